The molecule has 154 valence electrons. The van der Waals surface area contributed by atoms with Crippen molar-refractivity contribution in [3.8, 4) is 5.75 Å². The number of rotatable bonds is 5. The fourth-order valence-corrected chi connectivity index (χ4v) is 4.48. The number of hydrogen-bond donors (Lipinski definition) is 1. The number of aromatic nitrogens is 2. The van der Waals surface area contributed by atoms with Gasteiger partial charge in [-0.1, -0.05) is 23.2 Å². The Hall–Kier alpha value is -2.05. The first-order valence-corrected chi connectivity index (χ1v) is 10.8. The Morgan fingerprint density at radius 2 is 1.97 bits per heavy atom. The average molecular weight is 435 g/mol. The highest BCUT2D eigenvalue weighted by molar-refractivity contribution is 6.35. The smallest absolute Gasteiger partial charge is 0.258 e. The minimum Gasteiger partial charge on any atom is -0.482 e. The fourth-order valence-electron chi connectivity index (χ4n) is 4.02. The van der Waals surface area contributed by atoms with Gasteiger partial charge in [-0.2, -0.15) is 0 Å². The van der Waals surface area contributed by atoms with Crippen LogP contribution in [-0.2, 0) is 17.6 Å². The number of benzene rings is 1. The Labute approximate surface area is 180 Å². The van der Waals surface area contributed by atoms with E-state index in [1.165, 1.54) is 24.1 Å². The van der Waals surface area contributed by atoms with Crippen molar-refractivity contribution in [2.75, 3.05) is 24.6 Å². The normalized spacial score (nSPS) is 17.0. The van der Waals surface area contributed by atoms with E-state index in [9.17, 15) is 4.79 Å². The van der Waals surface area contributed by atoms with Crippen molar-refractivity contribution in [1.29, 1.82) is 0 Å². The van der Waals surface area contributed by atoms with Crippen molar-refractivity contribution >= 4 is 34.9 Å². The van der Waals surface area contributed by atoms with E-state index in [2.05, 4.69) is 20.2 Å². The lowest BCUT2D eigenvalue weighted by Crippen LogP contribution is -2.46. The van der Waals surface area contributed by atoms with Gasteiger partial charge in [-0.3, -0.25) is 4.79 Å². The van der Waals surface area contributed by atoms with Crippen molar-refractivity contribution < 1.29 is 9.53 Å². The van der Waals surface area contributed by atoms with Crippen LogP contribution in [0.5, 0.6) is 5.75 Å². The number of fused-ring (bicyclic) bond motifs is 1. The highest BCUT2D eigenvalue weighted by Crippen LogP contribution is 2.29. The molecule has 1 fully saturated rings. The van der Waals surface area contributed by atoms with Crippen LogP contribution >= 0.6 is 23.2 Å². The molecule has 0 saturated carbocycles. The monoisotopic (exact) mass is 434 g/mol. The van der Waals surface area contributed by atoms with Crippen LogP contribution < -0.4 is 15.0 Å². The number of halogens is 2. The molecule has 0 radical (unpaired) electrons. The molecule has 1 saturated heterocycles. The summed E-state index contributed by atoms with van der Waals surface area (Å²) in [7, 11) is 0. The van der Waals surface area contributed by atoms with Crippen LogP contribution in [0.15, 0.2) is 24.5 Å². The molecule has 1 aliphatic heterocycles. The topological polar surface area (TPSA) is 67.3 Å². The first-order chi connectivity index (χ1) is 14.1. The van der Waals surface area contributed by atoms with Crippen molar-refractivity contribution in [2.45, 2.75) is 44.6 Å². The molecule has 1 aromatic carbocycles. The van der Waals surface area contributed by atoms with Gasteiger partial charge in [0.05, 0.1) is 5.02 Å². The van der Waals surface area contributed by atoms with Gasteiger partial charge in [-0.15, -0.1) is 0 Å². The summed E-state index contributed by atoms with van der Waals surface area (Å²) in [6.45, 7) is 1.68. The number of piperidine rings is 1. The third-order valence-electron chi connectivity index (χ3n) is 5.51. The third-order valence-corrected chi connectivity index (χ3v) is 6.04. The van der Waals surface area contributed by atoms with E-state index in [-0.39, 0.29) is 18.6 Å². The molecule has 2 aromatic rings. The lowest BCUT2D eigenvalue weighted by atomic mass is 9.95. The van der Waals surface area contributed by atoms with Crippen LogP contribution in [0, 0.1) is 0 Å². The summed E-state index contributed by atoms with van der Waals surface area (Å²) in [5.41, 5.74) is 2.52. The number of ether oxygens (including phenoxy) is 1. The second kappa shape index (κ2) is 9.18. The van der Waals surface area contributed by atoms with Crippen LogP contribution in [0.3, 0.4) is 0 Å². The summed E-state index contributed by atoms with van der Waals surface area (Å²) in [4.78, 5) is 23.6. The second-order valence-electron chi connectivity index (χ2n) is 7.52. The quantitative estimate of drug-likeness (QED) is 0.774. The van der Waals surface area contributed by atoms with E-state index in [1.807, 2.05) is 0 Å². The highest BCUT2D eigenvalue weighted by atomic mass is 35.5. The summed E-state index contributed by atoms with van der Waals surface area (Å²) in [6.07, 6.45) is 7.98. The fraction of sp³-hybridized carbons (Fsp3) is 0.476. The Balaban J connectivity index is 1.27. The maximum Gasteiger partial charge on any atom is 0.258 e. The molecule has 2 aliphatic rings. The molecular weight excluding hydrogens is 411 g/mol. The predicted octanol–water partition coefficient (Wildman–Crippen LogP) is 3.83. The van der Waals surface area contributed by atoms with Gasteiger partial charge >= 0.3 is 0 Å². The number of aryl methyl sites for hydroxylation is 1. The van der Waals surface area contributed by atoms with Crippen LogP contribution in [-0.4, -0.2) is 41.6 Å². The van der Waals surface area contributed by atoms with Crippen LogP contribution in [0.25, 0.3) is 0 Å². The number of hydrogen-bond acceptors (Lipinski definition) is 5. The summed E-state index contributed by atoms with van der Waals surface area (Å²) in [5.74, 6) is 1.39. The third kappa shape index (κ3) is 4.93. The molecule has 0 spiro atoms. The zero-order valence-electron chi connectivity index (χ0n) is 16.2. The number of nitrogens with zero attached hydrogens (tertiary/aromatic N) is 3. The first kappa shape index (κ1) is 20.2. The van der Waals surface area contributed by atoms with Crippen molar-refractivity contribution in [3.05, 3.63) is 45.8 Å². The number of carbonyl (C=O) groups is 1. The maximum absolute atomic E-state index is 12.3. The lowest BCUT2D eigenvalue weighted by Gasteiger charge is -2.35. The number of carbonyl (C=O) groups excluding carboxylic acids is 1. The van der Waals surface area contributed by atoms with E-state index in [0.29, 0.717) is 15.8 Å². The van der Waals surface area contributed by atoms with E-state index < -0.39 is 0 Å². The van der Waals surface area contributed by atoms with E-state index in [1.54, 1.807) is 24.5 Å². The Kier molecular flexibility index (Phi) is 6.40. The minimum absolute atomic E-state index is 0.0685. The maximum atomic E-state index is 12.3. The molecule has 0 bridgehead atoms. The van der Waals surface area contributed by atoms with E-state index in [4.69, 9.17) is 27.9 Å². The van der Waals surface area contributed by atoms with Gasteiger partial charge in [-0.25, -0.2) is 9.97 Å². The largest absolute Gasteiger partial charge is 0.482 e. The van der Waals surface area contributed by atoms with Gasteiger partial charge in [0.2, 0.25) is 0 Å². The lowest BCUT2D eigenvalue weighted by molar-refractivity contribution is -0.123. The highest BCUT2D eigenvalue weighted by Gasteiger charge is 2.25. The number of anilines is 1. The Morgan fingerprint density at radius 1 is 1.17 bits per heavy atom. The van der Waals surface area contributed by atoms with E-state index in [0.717, 1.165) is 44.6 Å². The molecule has 29 heavy (non-hydrogen) atoms. The molecule has 6 nitrogen and oxygen atoms in total. The van der Waals surface area contributed by atoms with Crippen molar-refractivity contribution in [3.63, 3.8) is 0 Å². The number of amides is 1. The number of nitrogens with one attached hydrogen (secondary N) is 1. The van der Waals surface area contributed by atoms with Gasteiger partial charge in [0, 0.05) is 35.4 Å². The van der Waals surface area contributed by atoms with Crippen LogP contribution in [0.2, 0.25) is 10.0 Å². The van der Waals surface area contributed by atoms with Crippen molar-refractivity contribution in [2.24, 2.45) is 0 Å². The van der Waals surface area contributed by atoms with Crippen molar-refractivity contribution in [1.82, 2.24) is 15.3 Å². The predicted molar refractivity (Wildman–Crippen MR) is 114 cm³/mol. The van der Waals surface area contributed by atoms with Gasteiger partial charge in [0.25, 0.3) is 5.91 Å². The second-order valence-corrected chi connectivity index (χ2v) is 8.37. The molecule has 1 aliphatic carbocycles. The van der Waals surface area contributed by atoms with Gasteiger partial charge in [0.1, 0.15) is 17.9 Å². The molecule has 0 unspecified atom stereocenters. The summed E-state index contributed by atoms with van der Waals surface area (Å²) >= 11 is 11.9. The SMILES string of the molecule is O=C(COc1ccc(Cl)cc1Cl)NC1CCN(c2ncnc3c2CCCC3)CC1. The summed E-state index contributed by atoms with van der Waals surface area (Å²) in [5, 5.41) is 3.99. The summed E-state index contributed by atoms with van der Waals surface area (Å²) in [6, 6.07) is 5.08. The molecular formula is C21H24Cl2N4O2. The first-order valence-electron chi connectivity index (χ1n) is 10.0. The molecule has 2 heterocycles. The zero-order chi connectivity index (χ0) is 20.2. The standard InChI is InChI=1S/C21H24Cl2N4O2/c22-14-5-6-19(17(23)11-14)29-12-20(28)26-15-7-9-27(10-8-15)21-16-3-1-2-4-18(16)24-13-25-21/h5-6,11,13,15H,1-4,7-10,12H2,(H,26,28). The van der Waals surface area contributed by atoms with E-state index >= 15 is 0 Å². The van der Waals surface area contributed by atoms with Crippen LogP contribution in [0.1, 0.15) is 36.9 Å². The Morgan fingerprint density at radius 3 is 2.76 bits per heavy atom. The minimum atomic E-state index is -0.145. The van der Waals surface area contributed by atoms with Crippen LogP contribution in [0.4, 0.5) is 5.82 Å². The Bertz CT molecular complexity index is 885. The molecule has 1 N–H and O–H groups in total. The van der Waals surface area contributed by atoms with Gasteiger partial charge < -0.3 is 15.0 Å². The van der Waals surface area contributed by atoms with Gasteiger partial charge in [0.15, 0.2) is 6.61 Å². The molecule has 1 aromatic heterocycles. The zero-order valence-corrected chi connectivity index (χ0v) is 17.7. The van der Waals surface area contributed by atoms with Gasteiger partial charge in [-0.05, 0) is 56.7 Å². The molecule has 1 amide bonds. The molecule has 8 heteroatoms. The molecule has 0 atom stereocenters. The molecule has 4 rings (SSSR count). The summed E-state index contributed by atoms with van der Waals surface area (Å²) < 4.78 is 5.52. The average Bonchev–Trinajstić information content (AvgIpc) is 2.73.